The van der Waals surface area contributed by atoms with Crippen LogP contribution in [0.2, 0.25) is 0 Å². The lowest BCUT2D eigenvalue weighted by atomic mass is 9.99. The second-order valence-electron chi connectivity index (χ2n) is 6.21. The molecular formula is C18H30ClN3O4S. The van der Waals surface area contributed by atoms with Gasteiger partial charge in [-0.05, 0) is 44.5 Å². The van der Waals surface area contributed by atoms with E-state index in [1.165, 1.54) is 16.4 Å². The molecule has 2 rings (SSSR count). The van der Waals surface area contributed by atoms with Crippen molar-refractivity contribution in [2.45, 2.75) is 38.5 Å². The minimum Gasteiger partial charge on any atom is -0.492 e. The van der Waals surface area contributed by atoms with Crippen LogP contribution in [0.1, 0.15) is 33.6 Å². The number of benzene rings is 1. The van der Waals surface area contributed by atoms with E-state index in [0.717, 1.165) is 19.4 Å². The highest BCUT2D eigenvalue weighted by Crippen LogP contribution is 2.30. The summed E-state index contributed by atoms with van der Waals surface area (Å²) in [6.45, 7) is 8.21. The summed E-state index contributed by atoms with van der Waals surface area (Å²) in [4.78, 5) is 12.7. The van der Waals surface area contributed by atoms with Crippen LogP contribution < -0.4 is 15.4 Å². The van der Waals surface area contributed by atoms with Crippen LogP contribution in [0.5, 0.6) is 5.75 Å². The number of carbonyl (C=O) groups excluding carboxylic acids is 1. The number of ether oxygens (including phenoxy) is 1. The van der Waals surface area contributed by atoms with Crippen molar-refractivity contribution in [3.8, 4) is 5.75 Å². The zero-order valence-electron chi connectivity index (χ0n) is 16.2. The van der Waals surface area contributed by atoms with Gasteiger partial charge in [0.15, 0.2) is 0 Å². The molecule has 1 aromatic carbocycles. The van der Waals surface area contributed by atoms with Gasteiger partial charge in [0.2, 0.25) is 15.9 Å². The minimum absolute atomic E-state index is 0. The van der Waals surface area contributed by atoms with Crippen molar-refractivity contribution < 1.29 is 17.9 Å². The van der Waals surface area contributed by atoms with E-state index in [9.17, 15) is 13.2 Å². The zero-order chi connectivity index (χ0) is 19.2. The molecule has 7 nitrogen and oxygen atoms in total. The molecule has 0 spiro atoms. The minimum atomic E-state index is -3.60. The summed E-state index contributed by atoms with van der Waals surface area (Å²) < 4.78 is 32.5. The van der Waals surface area contributed by atoms with Gasteiger partial charge in [-0.1, -0.05) is 13.8 Å². The predicted molar refractivity (Wildman–Crippen MR) is 109 cm³/mol. The van der Waals surface area contributed by atoms with Gasteiger partial charge in [-0.3, -0.25) is 4.79 Å². The Labute approximate surface area is 168 Å². The van der Waals surface area contributed by atoms with Crippen LogP contribution in [0.4, 0.5) is 5.69 Å². The van der Waals surface area contributed by atoms with Crippen molar-refractivity contribution in [1.82, 2.24) is 9.62 Å². The maximum Gasteiger partial charge on any atom is 0.243 e. The van der Waals surface area contributed by atoms with Crippen LogP contribution >= 0.6 is 12.4 Å². The Morgan fingerprint density at radius 3 is 2.56 bits per heavy atom. The molecule has 1 aliphatic heterocycles. The molecule has 9 heteroatoms. The van der Waals surface area contributed by atoms with E-state index < -0.39 is 10.0 Å². The molecule has 2 N–H and O–H groups in total. The number of rotatable bonds is 8. The molecule has 1 fully saturated rings. The number of sulfonamides is 1. The van der Waals surface area contributed by atoms with E-state index in [4.69, 9.17) is 4.74 Å². The maximum absolute atomic E-state index is 12.8. The van der Waals surface area contributed by atoms with Crippen molar-refractivity contribution in [1.29, 1.82) is 0 Å². The van der Waals surface area contributed by atoms with Gasteiger partial charge < -0.3 is 15.4 Å². The van der Waals surface area contributed by atoms with Crippen LogP contribution in [0.25, 0.3) is 0 Å². The van der Waals surface area contributed by atoms with Crippen LogP contribution in [0.3, 0.4) is 0 Å². The van der Waals surface area contributed by atoms with Crippen LogP contribution in [0.15, 0.2) is 23.1 Å². The van der Waals surface area contributed by atoms with E-state index in [0.29, 0.717) is 37.7 Å². The Hall–Kier alpha value is -1.35. The highest BCUT2D eigenvalue weighted by Gasteiger charge is 2.25. The first-order valence-electron chi connectivity index (χ1n) is 9.22. The number of hydrogen-bond donors (Lipinski definition) is 2. The molecule has 0 radical (unpaired) electrons. The normalized spacial score (nSPS) is 17.3. The van der Waals surface area contributed by atoms with Crippen molar-refractivity contribution in [2.24, 2.45) is 5.92 Å². The molecule has 1 amide bonds. The van der Waals surface area contributed by atoms with Gasteiger partial charge in [-0.15, -0.1) is 12.4 Å². The molecule has 1 aromatic rings. The second kappa shape index (κ2) is 10.8. The molecule has 0 aromatic heterocycles. The Kier molecular flexibility index (Phi) is 9.52. The summed E-state index contributed by atoms with van der Waals surface area (Å²) in [6.07, 6.45) is 1.77. The molecule has 1 unspecified atom stereocenters. The van der Waals surface area contributed by atoms with Gasteiger partial charge in [0, 0.05) is 19.6 Å². The predicted octanol–water partition coefficient (Wildman–Crippen LogP) is 2.48. The number of halogens is 1. The number of amides is 1. The maximum atomic E-state index is 12.8. The van der Waals surface area contributed by atoms with Gasteiger partial charge in [0.1, 0.15) is 5.75 Å². The van der Waals surface area contributed by atoms with E-state index in [1.807, 2.05) is 6.92 Å². The van der Waals surface area contributed by atoms with Gasteiger partial charge in [0.05, 0.1) is 23.1 Å². The lowest BCUT2D eigenvalue weighted by Crippen LogP contribution is -2.37. The number of nitrogens with one attached hydrogen (secondary N) is 2. The van der Waals surface area contributed by atoms with Crippen LogP contribution in [0, 0.1) is 5.92 Å². The fraction of sp³-hybridized carbons (Fsp3) is 0.611. The second-order valence-corrected chi connectivity index (χ2v) is 8.15. The number of hydrogen-bond acceptors (Lipinski definition) is 5. The van der Waals surface area contributed by atoms with Crippen molar-refractivity contribution in [2.75, 3.05) is 38.1 Å². The Balaban J connectivity index is 0.00000364. The van der Waals surface area contributed by atoms with E-state index in [2.05, 4.69) is 10.6 Å². The zero-order valence-corrected chi connectivity index (χ0v) is 17.8. The standard InChI is InChI=1S/C18H29N3O4S.ClH/c1-4-21(5-2)26(23,24)15-9-10-17(25-6-3)16(12-15)20-18(22)14-8-7-11-19-13-14;/h9-10,12,14,19H,4-8,11,13H2,1-3H3,(H,20,22);1H. The third-order valence-corrected chi connectivity index (χ3v) is 6.57. The van der Waals surface area contributed by atoms with Gasteiger partial charge >= 0.3 is 0 Å². The summed E-state index contributed by atoms with van der Waals surface area (Å²) in [6, 6.07) is 4.62. The van der Waals surface area contributed by atoms with Crippen LogP contribution in [-0.4, -0.2) is 51.4 Å². The van der Waals surface area contributed by atoms with Gasteiger partial charge in [-0.2, -0.15) is 4.31 Å². The number of piperidine rings is 1. The molecule has 154 valence electrons. The Bertz CT molecular complexity index is 717. The Morgan fingerprint density at radius 1 is 1.30 bits per heavy atom. The summed E-state index contributed by atoms with van der Waals surface area (Å²) in [5, 5.41) is 6.08. The van der Waals surface area contributed by atoms with E-state index in [1.54, 1.807) is 19.9 Å². The molecule has 1 aliphatic rings. The molecule has 27 heavy (non-hydrogen) atoms. The molecule has 1 atom stereocenters. The first-order valence-corrected chi connectivity index (χ1v) is 10.7. The summed E-state index contributed by atoms with van der Waals surface area (Å²) in [5.74, 6) is 0.236. The SMILES string of the molecule is CCOc1ccc(S(=O)(=O)N(CC)CC)cc1NC(=O)C1CCCNC1.Cl. The average Bonchev–Trinajstić information content (AvgIpc) is 2.64. The number of nitrogens with zero attached hydrogens (tertiary/aromatic N) is 1. The monoisotopic (exact) mass is 419 g/mol. The molecule has 0 bridgehead atoms. The first kappa shape index (κ1) is 23.7. The fourth-order valence-electron chi connectivity index (χ4n) is 3.07. The quantitative estimate of drug-likeness (QED) is 0.675. The topological polar surface area (TPSA) is 87.7 Å². The third kappa shape index (κ3) is 5.81. The van der Waals surface area contributed by atoms with E-state index in [-0.39, 0.29) is 29.1 Å². The number of anilines is 1. The number of carbonyl (C=O) groups is 1. The van der Waals surface area contributed by atoms with Crippen LogP contribution in [-0.2, 0) is 14.8 Å². The van der Waals surface area contributed by atoms with Gasteiger partial charge in [0.25, 0.3) is 0 Å². The third-order valence-electron chi connectivity index (χ3n) is 4.52. The van der Waals surface area contributed by atoms with Crippen molar-refractivity contribution >= 4 is 34.0 Å². The smallest absolute Gasteiger partial charge is 0.243 e. The highest BCUT2D eigenvalue weighted by atomic mass is 35.5. The molecular weight excluding hydrogens is 390 g/mol. The first-order chi connectivity index (χ1) is 12.4. The molecule has 1 heterocycles. The van der Waals surface area contributed by atoms with Gasteiger partial charge in [-0.25, -0.2) is 8.42 Å². The lowest BCUT2D eigenvalue weighted by molar-refractivity contribution is -0.120. The van der Waals surface area contributed by atoms with Crippen molar-refractivity contribution in [3.63, 3.8) is 0 Å². The largest absolute Gasteiger partial charge is 0.492 e. The lowest BCUT2D eigenvalue weighted by Gasteiger charge is -2.23. The highest BCUT2D eigenvalue weighted by molar-refractivity contribution is 7.89. The summed E-state index contributed by atoms with van der Waals surface area (Å²) >= 11 is 0. The molecule has 0 aliphatic carbocycles. The fourth-order valence-corrected chi connectivity index (χ4v) is 4.56. The molecule has 0 saturated carbocycles. The van der Waals surface area contributed by atoms with E-state index >= 15 is 0 Å². The average molecular weight is 420 g/mol. The van der Waals surface area contributed by atoms with Crippen molar-refractivity contribution in [3.05, 3.63) is 18.2 Å². The Morgan fingerprint density at radius 2 is 2.00 bits per heavy atom. The summed E-state index contributed by atoms with van der Waals surface area (Å²) in [5.41, 5.74) is 0.399. The molecule has 1 saturated heterocycles. The summed E-state index contributed by atoms with van der Waals surface area (Å²) in [7, 11) is -3.60.